The second-order valence-corrected chi connectivity index (χ2v) is 6.51. The number of carbonyl (C=O) groups is 1. The topological polar surface area (TPSA) is 81.7 Å². The quantitative estimate of drug-likeness (QED) is 0.761. The van der Waals surface area contributed by atoms with Crippen molar-refractivity contribution in [1.29, 1.82) is 0 Å². The minimum absolute atomic E-state index is 0.0647. The number of halogens is 1. The third kappa shape index (κ3) is 6.42. The highest BCUT2D eigenvalue weighted by molar-refractivity contribution is 7.81. The summed E-state index contributed by atoms with van der Waals surface area (Å²) in [5.74, 6) is 0.182. The largest absolute Gasteiger partial charge is 0.489 e. The lowest BCUT2D eigenvalue weighted by atomic mass is 10.1. The predicted octanol–water partition coefficient (Wildman–Crippen LogP) is 3.00. The van der Waals surface area contributed by atoms with Crippen LogP contribution in [-0.2, 0) is 17.1 Å². The maximum atomic E-state index is 12.4. The number of amides is 1. The third-order valence-electron chi connectivity index (χ3n) is 3.06. The molecule has 0 aromatic heterocycles. The molecule has 0 saturated heterocycles. The Kier molecular flexibility index (Phi) is 5.97. The molecule has 0 spiro atoms. The summed E-state index contributed by atoms with van der Waals surface area (Å²) >= 11 is 0. The van der Waals surface area contributed by atoms with E-state index in [4.69, 9.17) is 4.74 Å². The first-order valence-corrected chi connectivity index (χ1v) is 8.80. The highest BCUT2D eigenvalue weighted by Crippen LogP contribution is 2.20. The van der Waals surface area contributed by atoms with Gasteiger partial charge in [-0.25, -0.2) is 0 Å². The molecule has 0 fully saturated rings. The molecular formula is C17H18FNO5S. The van der Waals surface area contributed by atoms with Gasteiger partial charge in [-0.15, -0.1) is 0 Å². The molecule has 2 aromatic carbocycles. The molecule has 0 atom stereocenters. The zero-order valence-corrected chi connectivity index (χ0v) is 14.5. The van der Waals surface area contributed by atoms with Gasteiger partial charge in [-0.1, -0.05) is 16.0 Å². The fourth-order valence-corrected chi connectivity index (χ4v) is 2.31. The fraction of sp³-hybridized carbons (Fsp3) is 0.235. The van der Waals surface area contributed by atoms with Crippen molar-refractivity contribution in [1.82, 2.24) is 5.32 Å². The van der Waals surface area contributed by atoms with Gasteiger partial charge in [-0.05, 0) is 55.8 Å². The van der Waals surface area contributed by atoms with Crippen LogP contribution in [-0.4, -0.2) is 20.4 Å². The molecule has 0 radical (unpaired) electrons. The second kappa shape index (κ2) is 7.98. The van der Waals surface area contributed by atoms with Crippen LogP contribution in [0.5, 0.6) is 11.5 Å². The van der Waals surface area contributed by atoms with Crippen LogP contribution in [0.4, 0.5) is 3.89 Å². The molecule has 8 heteroatoms. The van der Waals surface area contributed by atoms with E-state index in [0.29, 0.717) is 11.3 Å². The summed E-state index contributed by atoms with van der Waals surface area (Å²) in [4.78, 5) is 11.9. The lowest BCUT2D eigenvalue weighted by molar-refractivity contribution is 0.0943. The minimum Gasteiger partial charge on any atom is -0.489 e. The van der Waals surface area contributed by atoms with Crippen molar-refractivity contribution >= 4 is 16.4 Å². The van der Waals surface area contributed by atoms with Gasteiger partial charge in [0.2, 0.25) is 0 Å². The van der Waals surface area contributed by atoms with Crippen LogP contribution in [0.3, 0.4) is 0 Å². The van der Waals surface area contributed by atoms with Crippen LogP contribution in [0.15, 0.2) is 48.5 Å². The summed E-state index contributed by atoms with van der Waals surface area (Å²) in [6, 6.07) is 12.5. The number of nitrogens with one attached hydrogen (secondary N) is 1. The van der Waals surface area contributed by atoms with Crippen molar-refractivity contribution in [2.75, 3.05) is 0 Å². The van der Waals surface area contributed by atoms with E-state index in [-0.39, 0.29) is 24.3 Å². The van der Waals surface area contributed by atoms with E-state index in [1.165, 1.54) is 24.3 Å². The smallest absolute Gasteiger partial charge is 0.488 e. The molecule has 0 aliphatic heterocycles. The summed E-state index contributed by atoms with van der Waals surface area (Å²) in [7, 11) is -5.04. The lowest BCUT2D eigenvalue weighted by Crippen LogP contribution is -2.29. The standard InChI is InChI=1S/C17H18FNO5S/c1-12(2)19-17(20)14-5-3-13(4-6-14)11-23-15-7-9-16(10-8-15)24-25(18,21)22/h3-10,12H,11H2,1-2H3,(H,19,20). The molecule has 1 N–H and O–H groups in total. The van der Waals surface area contributed by atoms with E-state index >= 15 is 0 Å². The number of ether oxygens (including phenoxy) is 1. The summed E-state index contributed by atoms with van der Waals surface area (Å²) in [5, 5.41) is 2.81. The maximum Gasteiger partial charge on any atom is 0.488 e. The third-order valence-corrected chi connectivity index (χ3v) is 3.45. The van der Waals surface area contributed by atoms with Gasteiger partial charge in [0, 0.05) is 11.6 Å². The van der Waals surface area contributed by atoms with Crippen molar-refractivity contribution < 1.29 is 26.0 Å². The first-order valence-electron chi connectivity index (χ1n) is 7.50. The molecule has 6 nitrogen and oxygen atoms in total. The lowest BCUT2D eigenvalue weighted by Gasteiger charge is -2.10. The van der Waals surface area contributed by atoms with Gasteiger partial charge >= 0.3 is 10.5 Å². The molecule has 0 unspecified atom stereocenters. The van der Waals surface area contributed by atoms with Gasteiger partial charge in [-0.3, -0.25) is 4.79 Å². The first kappa shape index (κ1) is 18.7. The SMILES string of the molecule is CC(C)NC(=O)c1ccc(COc2ccc(OS(=O)(=O)F)cc2)cc1. The number of hydrogen-bond acceptors (Lipinski definition) is 5. The zero-order valence-electron chi connectivity index (χ0n) is 13.7. The van der Waals surface area contributed by atoms with Crippen molar-refractivity contribution in [2.45, 2.75) is 26.5 Å². The van der Waals surface area contributed by atoms with E-state index in [1.807, 2.05) is 13.8 Å². The van der Waals surface area contributed by atoms with Crippen molar-refractivity contribution in [3.8, 4) is 11.5 Å². The molecule has 0 heterocycles. The summed E-state index contributed by atoms with van der Waals surface area (Å²) < 4.78 is 42.8. The van der Waals surface area contributed by atoms with E-state index in [0.717, 1.165) is 5.56 Å². The van der Waals surface area contributed by atoms with Crippen LogP contribution in [0.2, 0.25) is 0 Å². The Morgan fingerprint density at radius 2 is 1.60 bits per heavy atom. The van der Waals surface area contributed by atoms with E-state index < -0.39 is 10.5 Å². The number of carbonyl (C=O) groups excluding carboxylic acids is 1. The second-order valence-electron chi connectivity index (χ2n) is 5.56. The van der Waals surface area contributed by atoms with Crippen LogP contribution in [0.25, 0.3) is 0 Å². The summed E-state index contributed by atoms with van der Waals surface area (Å²) in [6.45, 7) is 4.03. The monoisotopic (exact) mass is 367 g/mol. The Morgan fingerprint density at radius 3 is 2.12 bits per heavy atom. The highest BCUT2D eigenvalue weighted by atomic mass is 32.3. The predicted molar refractivity (Wildman–Crippen MR) is 90.5 cm³/mol. The van der Waals surface area contributed by atoms with Gasteiger partial charge in [-0.2, -0.15) is 8.42 Å². The molecule has 0 aliphatic carbocycles. The van der Waals surface area contributed by atoms with Gasteiger partial charge in [0.15, 0.2) is 0 Å². The number of benzene rings is 2. The van der Waals surface area contributed by atoms with Crippen molar-refractivity contribution in [3.63, 3.8) is 0 Å². The van der Waals surface area contributed by atoms with Gasteiger partial charge in [0.25, 0.3) is 5.91 Å². The Balaban J connectivity index is 1.92. The van der Waals surface area contributed by atoms with Crippen molar-refractivity contribution in [2.24, 2.45) is 0 Å². The van der Waals surface area contributed by atoms with Crippen LogP contribution >= 0.6 is 0 Å². The van der Waals surface area contributed by atoms with E-state index in [2.05, 4.69) is 9.50 Å². The molecule has 1 amide bonds. The first-order chi connectivity index (χ1) is 11.7. The van der Waals surface area contributed by atoms with Gasteiger partial charge < -0.3 is 14.2 Å². The Morgan fingerprint density at radius 1 is 1.04 bits per heavy atom. The van der Waals surface area contributed by atoms with Gasteiger partial charge in [0.1, 0.15) is 18.1 Å². The summed E-state index contributed by atoms with van der Waals surface area (Å²) in [5.41, 5.74) is 1.42. The van der Waals surface area contributed by atoms with Crippen LogP contribution in [0, 0.1) is 0 Å². The highest BCUT2D eigenvalue weighted by Gasteiger charge is 2.09. The van der Waals surface area contributed by atoms with Crippen molar-refractivity contribution in [3.05, 3.63) is 59.7 Å². The molecule has 25 heavy (non-hydrogen) atoms. The minimum atomic E-state index is -5.04. The van der Waals surface area contributed by atoms with Crippen LogP contribution < -0.4 is 14.2 Å². The average Bonchev–Trinajstić information content (AvgIpc) is 2.52. The Hall–Kier alpha value is -2.61. The van der Waals surface area contributed by atoms with E-state index in [9.17, 15) is 17.1 Å². The molecule has 2 aromatic rings. The van der Waals surface area contributed by atoms with E-state index in [1.54, 1.807) is 24.3 Å². The molecule has 0 bridgehead atoms. The molecule has 2 rings (SSSR count). The molecule has 0 aliphatic rings. The summed E-state index contributed by atoms with van der Waals surface area (Å²) in [6.07, 6.45) is 0. The molecular weight excluding hydrogens is 349 g/mol. The average molecular weight is 367 g/mol. The Labute approximate surface area is 146 Å². The van der Waals surface area contributed by atoms with Gasteiger partial charge in [0.05, 0.1) is 0 Å². The van der Waals surface area contributed by atoms with Crippen LogP contribution in [0.1, 0.15) is 29.8 Å². The Bertz CT molecular complexity index is 817. The zero-order chi connectivity index (χ0) is 18.4. The normalized spacial score (nSPS) is 11.2. The maximum absolute atomic E-state index is 12.4. The molecule has 134 valence electrons. The molecule has 0 saturated carbocycles. The number of rotatable bonds is 7. The number of hydrogen-bond donors (Lipinski definition) is 1. The fourth-order valence-electron chi connectivity index (χ4n) is 1.97.